The van der Waals surface area contributed by atoms with Crippen LogP contribution in [0.4, 0.5) is 0 Å². The van der Waals surface area contributed by atoms with E-state index in [9.17, 15) is 0 Å². The lowest BCUT2D eigenvalue weighted by molar-refractivity contribution is 1.10. The molecule has 0 bridgehead atoms. The Morgan fingerprint density at radius 2 is 2.56 bits per heavy atom. The number of hydrogen-bond donors (Lipinski definition) is 0. The molecule has 1 nitrogen and oxygen atoms in total. The molecule has 0 atom stereocenters. The maximum absolute atomic E-state index is 6.89. The molecular formula is C6H8NS2. The summed E-state index contributed by atoms with van der Waals surface area (Å²) in [6, 6.07) is 4.13. The van der Waals surface area contributed by atoms with E-state index in [0.29, 0.717) is 6.54 Å². The quantitative estimate of drug-likeness (QED) is 0.618. The summed E-state index contributed by atoms with van der Waals surface area (Å²) in [6.07, 6.45) is 0. The Kier molecular flexibility index (Phi) is 3.11. The van der Waals surface area contributed by atoms with Crippen molar-refractivity contribution < 1.29 is 0 Å². The molecule has 0 aliphatic heterocycles. The molecule has 1 heterocycles. The molecule has 0 spiro atoms. The van der Waals surface area contributed by atoms with Gasteiger partial charge in [0.1, 0.15) is 0 Å². The predicted molar refractivity (Wildman–Crippen MR) is 43.0 cm³/mol. The zero-order valence-electron chi connectivity index (χ0n) is 4.96. The van der Waals surface area contributed by atoms with Gasteiger partial charge in [0.05, 0.1) is 4.21 Å². The van der Waals surface area contributed by atoms with Gasteiger partial charge >= 0.3 is 0 Å². The van der Waals surface area contributed by atoms with E-state index in [1.807, 2.05) is 6.07 Å². The Morgan fingerprint density at radius 1 is 1.67 bits per heavy atom. The first-order valence-corrected chi connectivity index (χ1v) is 4.61. The first-order chi connectivity index (χ1) is 4.43. The van der Waals surface area contributed by atoms with Crippen molar-refractivity contribution >= 4 is 23.1 Å². The highest BCUT2D eigenvalue weighted by molar-refractivity contribution is 8.01. The first-order valence-electron chi connectivity index (χ1n) is 2.74. The van der Waals surface area contributed by atoms with Crippen LogP contribution in [0.15, 0.2) is 21.7 Å². The van der Waals surface area contributed by atoms with E-state index in [-0.39, 0.29) is 0 Å². The van der Waals surface area contributed by atoms with Gasteiger partial charge in [-0.3, -0.25) is 5.73 Å². The van der Waals surface area contributed by atoms with Crippen LogP contribution in [0.5, 0.6) is 0 Å². The summed E-state index contributed by atoms with van der Waals surface area (Å²) < 4.78 is 1.32. The summed E-state index contributed by atoms with van der Waals surface area (Å²) in [5.41, 5.74) is 6.89. The van der Waals surface area contributed by atoms with Crippen LogP contribution < -0.4 is 5.73 Å². The smallest absolute Gasteiger partial charge is 0.0598 e. The van der Waals surface area contributed by atoms with E-state index >= 15 is 0 Å². The van der Waals surface area contributed by atoms with Crippen LogP contribution in [0.25, 0.3) is 0 Å². The van der Waals surface area contributed by atoms with Gasteiger partial charge in [0, 0.05) is 12.3 Å². The first kappa shape index (κ1) is 7.12. The van der Waals surface area contributed by atoms with Gasteiger partial charge in [0.15, 0.2) is 0 Å². The predicted octanol–water partition coefficient (Wildman–Crippen LogP) is 2.12. The molecular weight excluding hydrogens is 150 g/mol. The van der Waals surface area contributed by atoms with Crippen LogP contribution in [0, 0.1) is 0 Å². The van der Waals surface area contributed by atoms with Gasteiger partial charge < -0.3 is 0 Å². The fraction of sp³-hybridized carbons (Fsp3) is 0.333. The summed E-state index contributed by atoms with van der Waals surface area (Å²) in [6.45, 7) is 0.516. The van der Waals surface area contributed by atoms with Crippen molar-refractivity contribution in [1.29, 1.82) is 0 Å². The molecule has 0 fully saturated rings. The molecule has 0 saturated carbocycles. The molecule has 1 N–H and O–H groups in total. The van der Waals surface area contributed by atoms with Gasteiger partial charge in [-0.2, -0.15) is 0 Å². The highest BCUT2D eigenvalue weighted by Gasteiger charge is 1.90. The summed E-state index contributed by atoms with van der Waals surface area (Å²) in [7, 11) is 0. The van der Waals surface area contributed by atoms with Gasteiger partial charge in [0.25, 0.3) is 0 Å². The lowest BCUT2D eigenvalue weighted by atomic mass is 10.7. The Bertz CT molecular complexity index is 148. The van der Waals surface area contributed by atoms with Crippen molar-refractivity contribution in [1.82, 2.24) is 5.73 Å². The topological polar surface area (TPSA) is 23.8 Å². The van der Waals surface area contributed by atoms with Crippen molar-refractivity contribution in [3.05, 3.63) is 17.5 Å². The van der Waals surface area contributed by atoms with Crippen LogP contribution >= 0.6 is 23.1 Å². The average molecular weight is 158 g/mol. The van der Waals surface area contributed by atoms with E-state index in [0.717, 1.165) is 5.75 Å². The molecule has 0 amide bonds. The van der Waals surface area contributed by atoms with Crippen molar-refractivity contribution in [3.8, 4) is 0 Å². The summed E-state index contributed by atoms with van der Waals surface area (Å²) in [5, 5.41) is 2.06. The van der Waals surface area contributed by atoms with Crippen LogP contribution in [-0.4, -0.2) is 12.3 Å². The maximum atomic E-state index is 6.89. The largest absolute Gasteiger partial charge is 0.257 e. The van der Waals surface area contributed by atoms with E-state index in [1.54, 1.807) is 23.1 Å². The monoisotopic (exact) mass is 158 g/mol. The van der Waals surface area contributed by atoms with Gasteiger partial charge in [0.2, 0.25) is 0 Å². The number of hydrogen-bond acceptors (Lipinski definition) is 2. The van der Waals surface area contributed by atoms with Crippen molar-refractivity contribution in [3.63, 3.8) is 0 Å². The van der Waals surface area contributed by atoms with E-state index in [1.165, 1.54) is 4.21 Å². The number of thiophene rings is 1. The SMILES string of the molecule is [NH]CCSc1cccs1. The number of thioether (sulfide) groups is 1. The fourth-order valence-corrected chi connectivity index (χ4v) is 2.11. The van der Waals surface area contributed by atoms with Crippen LogP contribution in [-0.2, 0) is 0 Å². The highest BCUT2D eigenvalue weighted by atomic mass is 32.2. The third kappa shape index (κ3) is 2.39. The summed E-state index contributed by atoms with van der Waals surface area (Å²) >= 11 is 3.50. The zero-order valence-corrected chi connectivity index (χ0v) is 6.60. The molecule has 1 rings (SSSR count). The third-order valence-electron chi connectivity index (χ3n) is 0.841. The van der Waals surface area contributed by atoms with Crippen molar-refractivity contribution in [2.45, 2.75) is 4.21 Å². The Balaban J connectivity index is 2.30. The molecule has 0 aliphatic rings. The third-order valence-corrected chi connectivity index (χ3v) is 2.97. The van der Waals surface area contributed by atoms with Gasteiger partial charge in [-0.1, -0.05) is 6.07 Å². The second-order valence-electron chi connectivity index (χ2n) is 1.53. The molecule has 9 heavy (non-hydrogen) atoms. The minimum atomic E-state index is 0.516. The van der Waals surface area contributed by atoms with Crippen LogP contribution in [0.3, 0.4) is 0 Å². The lowest BCUT2D eigenvalue weighted by Crippen LogP contribution is -1.85. The molecule has 1 aromatic heterocycles. The second kappa shape index (κ2) is 3.93. The van der Waals surface area contributed by atoms with E-state index in [4.69, 9.17) is 5.73 Å². The van der Waals surface area contributed by atoms with Crippen molar-refractivity contribution in [2.75, 3.05) is 12.3 Å². The molecule has 49 valence electrons. The van der Waals surface area contributed by atoms with Gasteiger partial charge in [-0.05, 0) is 11.4 Å². The molecule has 1 radical (unpaired) electrons. The minimum Gasteiger partial charge on any atom is -0.257 e. The summed E-state index contributed by atoms with van der Waals surface area (Å²) in [5.74, 6) is 0.917. The molecule has 0 unspecified atom stereocenters. The molecule has 0 aromatic carbocycles. The normalized spacial score (nSPS) is 9.89. The second-order valence-corrected chi connectivity index (χ2v) is 3.87. The number of nitrogens with one attached hydrogen (secondary N) is 1. The molecule has 3 heteroatoms. The standard InChI is InChI=1S/C6H8NS2/c7-3-5-9-6-2-1-4-8-6/h1-2,4,7H,3,5H2. The maximum Gasteiger partial charge on any atom is 0.0598 e. The average Bonchev–Trinajstić information content (AvgIpc) is 2.34. The Hall–Kier alpha value is 0.01000. The van der Waals surface area contributed by atoms with Crippen molar-refractivity contribution in [2.24, 2.45) is 0 Å². The highest BCUT2D eigenvalue weighted by Crippen LogP contribution is 2.22. The van der Waals surface area contributed by atoms with E-state index < -0.39 is 0 Å². The zero-order chi connectivity index (χ0) is 6.53. The lowest BCUT2D eigenvalue weighted by Gasteiger charge is -1.90. The fourth-order valence-electron chi connectivity index (χ4n) is 0.497. The van der Waals surface area contributed by atoms with Crippen LogP contribution in [0.2, 0.25) is 0 Å². The minimum absolute atomic E-state index is 0.516. The number of rotatable bonds is 3. The van der Waals surface area contributed by atoms with Crippen LogP contribution in [0.1, 0.15) is 0 Å². The van der Waals surface area contributed by atoms with Gasteiger partial charge in [-0.15, -0.1) is 23.1 Å². The van der Waals surface area contributed by atoms with Gasteiger partial charge in [-0.25, -0.2) is 0 Å². The molecule has 0 saturated heterocycles. The molecule has 1 aromatic rings. The Labute approximate surface area is 63.3 Å². The molecule has 0 aliphatic carbocycles. The Morgan fingerprint density at radius 3 is 3.11 bits per heavy atom. The van der Waals surface area contributed by atoms with E-state index in [2.05, 4.69) is 11.4 Å². The summed E-state index contributed by atoms with van der Waals surface area (Å²) in [4.78, 5) is 0.